The van der Waals surface area contributed by atoms with Gasteiger partial charge in [0.25, 0.3) is 0 Å². The molecule has 0 spiro atoms. The summed E-state index contributed by atoms with van der Waals surface area (Å²) in [6, 6.07) is 9.51. The Hall–Kier alpha value is -2.14. The van der Waals surface area contributed by atoms with Crippen LogP contribution in [-0.4, -0.2) is 28.4 Å². The van der Waals surface area contributed by atoms with Crippen molar-refractivity contribution in [2.24, 2.45) is 5.73 Å². The van der Waals surface area contributed by atoms with Gasteiger partial charge in [-0.15, -0.1) is 0 Å². The highest BCUT2D eigenvalue weighted by molar-refractivity contribution is 5.82. The van der Waals surface area contributed by atoms with E-state index < -0.39 is 6.04 Å². The fourth-order valence-electron chi connectivity index (χ4n) is 3.36. The Kier molecular flexibility index (Phi) is 5.23. The molecule has 0 radical (unpaired) electrons. The molecule has 25 heavy (non-hydrogen) atoms. The number of oxazole rings is 1. The Morgan fingerprint density at radius 3 is 2.72 bits per heavy atom. The lowest BCUT2D eigenvalue weighted by molar-refractivity contribution is -0.134. The summed E-state index contributed by atoms with van der Waals surface area (Å²) in [5.41, 5.74) is 7.89. The van der Waals surface area contributed by atoms with Crippen molar-refractivity contribution in [1.82, 2.24) is 9.88 Å². The second kappa shape index (κ2) is 7.40. The molecule has 1 fully saturated rings. The zero-order valence-electron chi connectivity index (χ0n) is 15.2. The molecule has 1 aliphatic heterocycles. The third-order valence-corrected chi connectivity index (χ3v) is 4.82. The Morgan fingerprint density at radius 1 is 1.36 bits per heavy atom. The average molecular weight is 341 g/mol. The van der Waals surface area contributed by atoms with Crippen LogP contribution < -0.4 is 5.73 Å². The van der Waals surface area contributed by atoms with Gasteiger partial charge in [-0.1, -0.05) is 51.1 Å². The summed E-state index contributed by atoms with van der Waals surface area (Å²) < 4.78 is 6.16. The van der Waals surface area contributed by atoms with Crippen LogP contribution in [0.4, 0.5) is 0 Å². The Morgan fingerprint density at radius 2 is 2.08 bits per heavy atom. The SMILES string of the molecule is CC[C@H](N)C(=O)N1CCCC1c1nc(-c2ccccc2)c(C(C)C)o1. The average Bonchev–Trinajstić information content (AvgIpc) is 3.27. The zero-order valence-corrected chi connectivity index (χ0v) is 15.2. The molecule has 1 aromatic carbocycles. The van der Waals surface area contributed by atoms with E-state index in [4.69, 9.17) is 15.1 Å². The zero-order chi connectivity index (χ0) is 18.0. The van der Waals surface area contributed by atoms with Gasteiger partial charge in [-0.3, -0.25) is 4.79 Å². The highest BCUT2D eigenvalue weighted by atomic mass is 16.4. The molecular formula is C20H27N3O2. The molecule has 5 heteroatoms. The second-order valence-electron chi connectivity index (χ2n) is 6.99. The summed E-state index contributed by atoms with van der Waals surface area (Å²) >= 11 is 0. The van der Waals surface area contributed by atoms with E-state index in [0.717, 1.165) is 36.4 Å². The third-order valence-electron chi connectivity index (χ3n) is 4.82. The number of amides is 1. The number of benzene rings is 1. The monoisotopic (exact) mass is 341 g/mol. The van der Waals surface area contributed by atoms with Crippen LogP contribution >= 0.6 is 0 Å². The molecule has 1 aliphatic rings. The summed E-state index contributed by atoms with van der Waals surface area (Å²) in [6.45, 7) is 6.85. The first-order valence-corrected chi connectivity index (χ1v) is 9.15. The van der Waals surface area contributed by atoms with E-state index in [0.29, 0.717) is 12.3 Å². The first-order valence-electron chi connectivity index (χ1n) is 9.15. The van der Waals surface area contributed by atoms with E-state index in [9.17, 15) is 4.79 Å². The van der Waals surface area contributed by atoms with Crippen molar-refractivity contribution in [3.63, 3.8) is 0 Å². The van der Waals surface area contributed by atoms with Crippen molar-refractivity contribution >= 4 is 5.91 Å². The topological polar surface area (TPSA) is 72.4 Å². The smallest absolute Gasteiger partial charge is 0.240 e. The number of hydrogen-bond acceptors (Lipinski definition) is 4. The molecule has 1 saturated heterocycles. The first kappa shape index (κ1) is 17.7. The van der Waals surface area contributed by atoms with E-state index >= 15 is 0 Å². The minimum Gasteiger partial charge on any atom is -0.442 e. The number of carbonyl (C=O) groups is 1. The molecule has 2 aromatic rings. The summed E-state index contributed by atoms with van der Waals surface area (Å²) in [5, 5.41) is 0. The number of carbonyl (C=O) groups excluding carboxylic acids is 1. The van der Waals surface area contributed by atoms with Crippen LogP contribution in [0.25, 0.3) is 11.3 Å². The van der Waals surface area contributed by atoms with Crippen molar-refractivity contribution in [3.05, 3.63) is 42.0 Å². The van der Waals surface area contributed by atoms with Crippen molar-refractivity contribution in [3.8, 4) is 11.3 Å². The second-order valence-corrected chi connectivity index (χ2v) is 6.99. The number of rotatable bonds is 5. The van der Waals surface area contributed by atoms with E-state index in [1.165, 1.54) is 0 Å². The summed E-state index contributed by atoms with van der Waals surface area (Å²) in [7, 11) is 0. The first-order chi connectivity index (χ1) is 12.0. The van der Waals surface area contributed by atoms with Gasteiger partial charge >= 0.3 is 0 Å². The van der Waals surface area contributed by atoms with E-state index in [-0.39, 0.29) is 17.9 Å². The minimum atomic E-state index is -0.450. The van der Waals surface area contributed by atoms with E-state index in [1.54, 1.807) is 0 Å². The van der Waals surface area contributed by atoms with Gasteiger partial charge in [0.15, 0.2) is 0 Å². The number of nitrogens with two attached hydrogens (primary N) is 1. The van der Waals surface area contributed by atoms with Crippen LogP contribution in [0.5, 0.6) is 0 Å². The highest BCUT2D eigenvalue weighted by Gasteiger charge is 2.36. The van der Waals surface area contributed by atoms with Gasteiger partial charge in [0, 0.05) is 18.0 Å². The normalized spacial score (nSPS) is 18.8. The van der Waals surface area contributed by atoms with Crippen LogP contribution in [0.15, 0.2) is 34.7 Å². The molecule has 5 nitrogen and oxygen atoms in total. The van der Waals surface area contributed by atoms with Gasteiger partial charge in [-0.05, 0) is 19.3 Å². The molecule has 1 aromatic heterocycles. The van der Waals surface area contributed by atoms with Gasteiger partial charge in [-0.25, -0.2) is 4.98 Å². The van der Waals surface area contributed by atoms with Gasteiger partial charge < -0.3 is 15.1 Å². The molecule has 0 aliphatic carbocycles. The van der Waals surface area contributed by atoms with E-state index in [2.05, 4.69) is 13.8 Å². The van der Waals surface area contributed by atoms with Crippen LogP contribution in [0.2, 0.25) is 0 Å². The predicted octanol–water partition coefficient (Wildman–Crippen LogP) is 3.87. The van der Waals surface area contributed by atoms with E-state index in [1.807, 2.05) is 42.2 Å². The standard InChI is InChI=1S/C20H27N3O2/c1-4-15(21)20(24)23-12-8-11-16(23)19-22-17(18(25-19)13(2)3)14-9-6-5-7-10-14/h5-7,9-10,13,15-16H,4,8,11-12,21H2,1-3H3/t15-,16?/m0/s1. The molecule has 0 saturated carbocycles. The maximum atomic E-state index is 12.6. The molecule has 134 valence electrons. The number of nitrogens with zero attached hydrogens (tertiary/aromatic N) is 2. The fourth-order valence-corrected chi connectivity index (χ4v) is 3.36. The van der Waals surface area contributed by atoms with Gasteiger partial charge in [0.05, 0.1) is 6.04 Å². The van der Waals surface area contributed by atoms with Crippen molar-refractivity contribution in [1.29, 1.82) is 0 Å². The van der Waals surface area contributed by atoms with Crippen molar-refractivity contribution in [2.45, 2.75) is 58.0 Å². The van der Waals surface area contributed by atoms with Crippen molar-refractivity contribution < 1.29 is 9.21 Å². The Bertz CT molecular complexity index is 724. The largest absolute Gasteiger partial charge is 0.442 e. The van der Waals surface area contributed by atoms with Gasteiger partial charge in [-0.2, -0.15) is 0 Å². The molecular weight excluding hydrogens is 314 g/mol. The number of likely N-dealkylation sites (tertiary alicyclic amines) is 1. The maximum Gasteiger partial charge on any atom is 0.240 e. The fraction of sp³-hybridized carbons (Fsp3) is 0.500. The number of aromatic nitrogens is 1. The molecule has 2 heterocycles. The van der Waals surface area contributed by atoms with Crippen LogP contribution in [0, 0.1) is 0 Å². The lowest BCUT2D eigenvalue weighted by Gasteiger charge is -2.25. The molecule has 3 rings (SSSR count). The van der Waals surface area contributed by atoms with Gasteiger partial charge in [0.2, 0.25) is 11.8 Å². The summed E-state index contributed by atoms with van der Waals surface area (Å²) in [4.78, 5) is 19.2. The number of hydrogen-bond donors (Lipinski definition) is 1. The Balaban J connectivity index is 1.96. The summed E-state index contributed by atoms with van der Waals surface area (Å²) in [6.07, 6.45) is 2.46. The van der Waals surface area contributed by atoms with Gasteiger partial charge in [0.1, 0.15) is 17.5 Å². The lowest BCUT2D eigenvalue weighted by atomic mass is 10.0. The van der Waals surface area contributed by atoms with Crippen molar-refractivity contribution in [2.75, 3.05) is 6.54 Å². The molecule has 1 amide bonds. The summed E-state index contributed by atoms with van der Waals surface area (Å²) in [5.74, 6) is 1.73. The van der Waals surface area contributed by atoms with Crippen LogP contribution in [0.3, 0.4) is 0 Å². The molecule has 0 bridgehead atoms. The lowest BCUT2D eigenvalue weighted by Crippen LogP contribution is -2.43. The third kappa shape index (κ3) is 3.47. The quantitative estimate of drug-likeness (QED) is 0.896. The Labute approximate surface area is 149 Å². The van der Waals surface area contributed by atoms with Crippen LogP contribution in [0.1, 0.15) is 63.6 Å². The highest BCUT2D eigenvalue weighted by Crippen LogP contribution is 2.37. The predicted molar refractivity (Wildman–Crippen MR) is 98.0 cm³/mol. The van der Waals surface area contributed by atoms with Crippen LogP contribution in [-0.2, 0) is 4.79 Å². The maximum absolute atomic E-state index is 12.6. The molecule has 2 N–H and O–H groups in total. The molecule has 1 unspecified atom stereocenters. The minimum absolute atomic E-state index is 0.00411. The molecule has 2 atom stereocenters.